The summed E-state index contributed by atoms with van der Waals surface area (Å²) in [5.41, 5.74) is 0.631. The Morgan fingerprint density at radius 1 is 1.26 bits per heavy atom. The van der Waals surface area contributed by atoms with E-state index < -0.39 is 12.1 Å². The number of nitrogens with zero attached hydrogens (tertiary/aromatic N) is 3. The number of methoxy groups -OCH3 is 1. The van der Waals surface area contributed by atoms with Crippen molar-refractivity contribution in [2.45, 2.75) is 19.1 Å². The summed E-state index contributed by atoms with van der Waals surface area (Å²) in [7, 11) is 1.28. The Morgan fingerprint density at radius 3 is 2.74 bits per heavy atom. The van der Waals surface area contributed by atoms with Gasteiger partial charge in [0, 0.05) is 12.4 Å². The number of carbonyl (C=O) groups is 2. The van der Waals surface area contributed by atoms with Gasteiger partial charge in [0.2, 0.25) is 0 Å². The van der Waals surface area contributed by atoms with Crippen LogP contribution in [0, 0.1) is 0 Å². The average molecular weight is 313 g/mol. The van der Waals surface area contributed by atoms with E-state index in [0.717, 1.165) is 0 Å². The lowest BCUT2D eigenvalue weighted by Gasteiger charge is -2.33. The molecule has 0 fully saturated rings. The van der Waals surface area contributed by atoms with Crippen LogP contribution in [-0.2, 0) is 20.9 Å². The molecule has 0 radical (unpaired) electrons. The third-order valence-corrected chi connectivity index (χ3v) is 3.47. The predicted molar refractivity (Wildman–Crippen MR) is 80.7 cm³/mol. The number of esters is 1. The minimum Gasteiger partial charge on any atom is -0.478 e. The molecule has 1 aliphatic heterocycles. The van der Waals surface area contributed by atoms with Crippen LogP contribution in [0.25, 0.3) is 0 Å². The first-order chi connectivity index (χ1) is 11.2. The van der Waals surface area contributed by atoms with Crippen molar-refractivity contribution in [1.29, 1.82) is 0 Å². The summed E-state index contributed by atoms with van der Waals surface area (Å²) in [6, 6.07) is 8.87. The van der Waals surface area contributed by atoms with Crippen LogP contribution in [0.5, 0.6) is 5.75 Å². The highest BCUT2D eigenvalue weighted by Crippen LogP contribution is 2.35. The fourth-order valence-corrected chi connectivity index (χ4v) is 2.36. The van der Waals surface area contributed by atoms with Gasteiger partial charge >= 0.3 is 5.97 Å². The van der Waals surface area contributed by atoms with Gasteiger partial charge in [-0.1, -0.05) is 12.1 Å². The SMILES string of the molecule is COC(=O)C[C@H]1Oc2ccccc2N(Cc2ncccn2)C1=O. The molecule has 7 heteroatoms. The van der Waals surface area contributed by atoms with Crippen LogP contribution in [-0.4, -0.2) is 35.1 Å². The maximum atomic E-state index is 12.7. The number of benzene rings is 1. The number of anilines is 1. The second kappa shape index (κ2) is 6.43. The number of para-hydroxylation sites is 2. The highest BCUT2D eigenvalue weighted by molar-refractivity contribution is 6.01. The first kappa shape index (κ1) is 15.0. The van der Waals surface area contributed by atoms with Crippen molar-refractivity contribution >= 4 is 17.6 Å². The molecule has 7 nitrogen and oxygen atoms in total. The van der Waals surface area contributed by atoms with Crippen LogP contribution in [0.2, 0.25) is 0 Å². The zero-order valence-corrected chi connectivity index (χ0v) is 12.5. The molecule has 1 aromatic heterocycles. The summed E-state index contributed by atoms with van der Waals surface area (Å²) < 4.78 is 10.3. The summed E-state index contributed by atoms with van der Waals surface area (Å²) in [6.45, 7) is 0.206. The minimum absolute atomic E-state index is 0.143. The molecular weight excluding hydrogens is 298 g/mol. The number of ether oxygens (including phenoxy) is 2. The number of carbonyl (C=O) groups excluding carboxylic acids is 2. The molecule has 23 heavy (non-hydrogen) atoms. The second-order valence-corrected chi connectivity index (χ2v) is 4.94. The average Bonchev–Trinajstić information content (AvgIpc) is 2.59. The van der Waals surface area contributed by atoms with Gasteiger partial charge in [-0.15, -0.1) is 0 Å². The van der Waals surface area contributed by atoms with Crippen LogP contribution in [0.15, 0.2) is 42.7 Å². The Bertz CT molecular complexity index is 720. The quantitative estimate of drug-likeness (QED) is 0.792. The second-order valence-electron chi connectivity index (χ2n) is 4.94. The Balaban J connectivity index is 1.91. The molecule has 1 aromatic carbocycles. The summed E-state index contributed by atoms with van der Waals surface area (Å²) >= 11 is 0. The van der Waals surface area contributed by atoms with E-state index >= 15 is 0 Å². The lowest BCUT2D eigenvalue weighted by Crippen LogP contribution is -2.46. The van der Waals surface area contributed by atoms with Crippen molar-refractivity contribution in [3.63, 3.8) is 0 Å². The van der Waals surface area contributed by atoms with Crippen LogP contribution >= 0.6 is 0 Å². The molecule has 0 aliphatic carbocycles. The van der Waals surface area contributed by atoms with Gasteiger partial charge in [-0.3, -0.25) is 14.5 Å². The molecule has 1 aliphatic rings. The molecule has 1 atom stereocenters. The fourth-order valence-electron chi connectivity index (χ4n) is 2.36. The smallest absolute Gasteiger partial charge is 0.309 e. The van der Waals surface area contributed by atoms with Crippen molar-refractivity contribution in [2.24, 2.45) is 0 Å². The van der Waals surface area contributed by atoms with Crippen molar-refractivity contribution in [1.82, 2.24) is 9.97 Å². The Morgan fingerprint density at radius 2 is 2.00 bits per heavy atom. The van der Waals surface area contributed by atoms with E-state index in [1.165, 1.54) is 12.0 Å². The van der Waals surface area contributed by atoms with Crippen molar-refractivity contribution in [3.8, 4) is 5.75 Å². The molecule has 118 valence electrons. The van der Waals surface area contributed by atoms with Crippen molar-refractivity contribution in [3.05, 3.63) is 48.5 Å². The molecule has 2 heterocycles. The lowest BCUT2D eigenvalue weighted by atomic mass is 10.1. The number of aromatic nitrogens is 2. The van der Waals surface area contributed by atoms with E-state index in [2.05, 4.69) is 14.7 Å². The van der Waals surface area contributed by atoms with Gasteiger partial charge in [-0.25, -0.2) is 9.97 Å². The highest BCUT2D eigenvalue weighted by atomic mass is 16.5. The summed E-state index contributed by atoms with van der Waals surface area (Å²) in [4.78, 5) is 34.0. The molecule has 0 bridgehead atoms. The topological polar surface area (TPSA) is 81.6 Å². The van der Waals surface area contributed by atoms with Crippen molar-refractivity contribution < 1.29 is 19.1 Å². The van der Waals surface area contributed by atoms with E-state index in [9.17, 15) is 9.59 Å². The number of fused-ring (bicyclic) bond motifs is 1. The Labute approximate surface area is 132 Å². The molecule has 0 unspecified atom stereocenters. The van der Waals surface area contributed by atoms with E-state index in [1.807, 2.05) is 6.07 Å². The zero-order chi connectivity index (χ0) is 16.2. The third kappa shape index (κ3) is 3.13. The van der Waals surface area contributed by atoms with Crippen LogP contribution in [0.1, 0.15) is 12.2 Å². The number of hydrogen-bond acceptors (Lipinski definition) is 6. The van der Waals surface area contributed by atoms with Gasteiger partial charge in [0.15, 0.2) is 6.10 Å². The molecular formula is C16H15N3O4. The zero-order valence-electron chi connectivity index (χ0n) is 12.5. The predicted octanol–water partition coefficient (Wildman–Crippen LogP) is 1.33. The van der Waals surface area contributed by atoms with Crippen LogP contribution in [0.4, 0.5) is 5.69 Å². The van der Waals surface area contributed by atoms with E-state index in [-0.39, 0.29) is 18.9 Å². The Hall–Kier alpha value is -2.96. The normalized spacial score (nSPS) is 16.5. The standard InChI is InChI=1S/C16H15N3O4/c1-22-15(20)9-13-16(21)19(10-14-17-7-4-8-18-14)11-5-2-3-6-12(11)23-13/h2-8,13H,9-10H2,1H3/t13-/m1/s1. The van der Waals surface area contributed by atoms with E-state index in [1.54, 1.807) is 36.7 Å². The van der Waals surface area contributed by atoms with Gasteiger partial charge in [0.25, 0.3) is 5.91 Å². The fraction of sp³-hybridized carbons (Fsp3) is 0.250. The molecule has 2 aromatic rings. The molecule has 0 saturated heterocycles. The van der Waals surface area contributed by atoms with Gasteiger partial charge in [0.05, 0.1) is 25.8 Å². The van der Waals surface area contributed by atoms with Crippen LogP contribution in [0.3, 0.4) is 0 Å². The van der Waals surface area contributed by atoms with Gasteiger partial charge in [0.1, 0.15) is 11.6 Å². The number of rotatable bonds is 4. The summed E-state index contributed by atoms with van der Waals surface area (Å²) in [5, 5.41) is 0. The first-order valence-electron chi connectivity index (χ1n) is 7.09. The number of hydrogen-bond donors (Lipinski definition) is 0. The monoisotopic (exact) mass is 313 g/mol. The largest absolute Gasteiger partial charge is 0.478 e. The van der Waals surface area contributed by atoms with Crippen LogP contribution < -0.4 is 9.64 Å². The molecule has 0 N–H and O–H groups in total. The third-order valence-electron chi connectivity index (χ3n) is 3.47. The van der Waals surface area contributed by atoms with Crippen molar-refractivity contribution in [2.75, 3.05) is 12.0 Å². The maximum absolute atomic E-state index is 12.7. The minimum atomic E-state index is -0.916. The van der Waals surface area contributed by atoms with Gasteiger partial charge in [-0.2, -0.15) is 0 Å². The maximum Gasteiger partial charge on any atom is 0.309 e. The van der Waals surface area contributed by atoms with E-state index in [4.69, 9.17) is 4.74 Å². The molecule has 0 saturated carbocycles. The highest BCUT2D eigenvalue weighted by Gasteiger charge is 2.36. The molecule has 0 spiro atoms. The molecule has 1 amide bonds. The Kier molecular flexibility index (Phi) is 4.18. The van der Waals surface area contributed by atoms with Gasteiger partial charge in [-0.05, 0) is 18.2 Å². The number of amides is 1. The van der Waals surface area contributed by atoms with Gasteiger partial charge < -0.3 is 9.47 Å². The summed E-state index contributed by atoms with van der Waals surface area (Å²) in [6.07, 6.45) is 2.17. The first-order valence-corrected chi connectivity index (χ1v) is 7.09. The summed E-state index contributed by atoms with van der Waals surface area (Å²) in [5.74, 6) is 0.228. The molecule has 3 rings (SSSR count). The lowest BCUT2D eigenvalue weighted by molar-refractivity contribution is -0.145. The van der Waals surface area contributed by atoms with E-state index in [0.29, 0.717) is 17.3 Å².